The molecule has 0 bridgehead atoms. The summed E-state index contributed by atoms with van der Waals surface area (Å²) >= 11 is 3.56. The van der Waals surface area contributed by atoms with E-state index in [2.05, 4.69) is 52.0 Å². The summed E-state index contributed by atoms with van der Waals surface area (Å²) in [5.41, 5.74) is 7.28. The van der Waals surface area contributed by atoms with Crippen molar-refractivity contribution < 1.29 is 0 Å². The number of likely N-dealkylation sites (tertiary alicyclic amines) is 1. The smallest absolute Gasteiger partial charge is 0.0349 e. The second-order valence-electron chi connectivity index (χ2n) is 4.75. The number of nitrogens with two attached hydrogens (primary N) is 1. The monoisotopic (exact) mass is 296 g/mol. The van der Waals surface area contributed by atoms with E-state index in [1.807, 2.05) is 0 Å². The molecule has 0 radical (unpaired) electrons. The quantitative estimate of drug-likeness (QED) is 0.923. The minimum absolute atomic E-state index is 0.517. The van der Waals surface area contributed by atoms with E-state index in [4.69, 9.17) is 5.73 Å². The van der Waals surface area contributed by atoms with Gasteiger partial charge in [-0.25, -0.2) is 0 Å². The molecular formula is C14H21BrN2. The van der Waals surface area contributed by atoms with Crippen molar-refractivity contribution in [3.8, 4) is 0 Å². The molecular weight excluding hydrogens is 276 g/mol. The molecule has 2 unspecified atom stereocenters. The molecule has 1 aliphatic heterocycles. The Kier molecular flexibility index (Phi) is 4.60. The lowest BCUT2D eigenvalue weighted by atomic mass is 10.0. The van der Waals surface area contributed by atoms with Crippen molar-refractivity contribution in [1.82, 2.24) is 4.90 Å². The predicted octanol–water partition coefficient (Wildman–Crippen LogP) is 3.32. The van der Waals surface area contributed by atoms with Crippen molar-refractivity contribution in [2.24, 2.45) is 5.73 Å². The highest BCUT2D eigenvalue weighted by Crippen LogP contribution is 2.32. The Labute approximate surface area is 112 Å². The van der Waals surface area contributed by atoms with Crippen molar-refractivity contribution in [2.75, 3.05) is 13.1 Å². The lowest BCUT2D eigenvalue weighted by Gasteiger charge is -2.32. The number of hydrogen-bond donors (Lipinski definition) is 1. The first-order valence-corrected chi connectivity index (χ1v) is 7.26. The zero-order valence-electron chi connectivity index (χ0n) is 10.4. The molecule has 2 nitrogen and oxygen atoms in total. The highest BCUT2D eigenvalue weighted by molar-refractivity contribution is 9.10. The average molecular weight is 297 g/mol. The molecule has 1 aliphatic rings. The minimum atomic E-state index is 0.517. The van der Waals surface area contributed by atoms with Crippen molar-refractivity contribution in [3.05, 3.63) is 34.3 Å². The summed E-state index contributed by atoms with van der Waals surface area (Å²) < 4.78 is 1.16. The molecule has 17 heavy (non-hydrogen) atoms. The van der Waals surface area contributed by atoms with Gasteiger partial charge in [-0.1, -0.05) is 35.0 Å². The number of halogens is 1. The molecule has 0 aromatic heterocycles. The van der Waals surface area contributed by atoms with E-state index in [1.165, 1.54) is 24.9 Å². The van der Waals surface area contributed by atoms with Crippen LogP contribution in [0.15, 0.2) is 28.7 Å². The van der Waals surface area contributed by atoms with Crippen molar-refractivity contribution in [1.29, 1.82) is 0 Å². The Morgan fingerprint density at radius 1 is 1.53 bits per heavy atom. The van der Waals surface area contributed by atoms with E-state index in [0.29, 0.717) is 12.1 Å². The van der Waals surface area contributed by atoms with E-state index < -0.39 is 0 Å². The highest BCUT2D eigenvalue weighted by atomic mass is 79.9. The predicted molar refractivity (Wildman–Crippen MR) is 76.0 cm³/mol. The topological polar surface area (TPSA) is 29.3 Å². The summed E-state index contributed by atoms with van der Waals surface area (Å²) in [5, 5.41) is 0. The van der Waals surface area contributed by atoms with Gasteiger partial charge in [-0.15, -0.1) is 0 Å². The van der Waals surface area contributed by atoms with Gasteiger partial charge in [-0.05, 0) is 43.5 Å². The molecule has 2 atom stereocenters. The fraction of sp³-hybridized carbons (Fsp3) is 0.571. The Balaban J connectivity index is 2.21. The molecule has 1 aromatic carbocycles. The summed E-state index contributed by atoms with van der Waals surface area (Å²) in [6.07, 6.45) is 3.68. The Morgan fingerprint density at radius 3 is 3.00 bits per heavy atom. The van der Waals surface area contributed by atoms with Gasteiger partial charge in [0.2, 0.25) is 0 Å². The van der Waals surface area contributed by atoms with E-state index in [0.717, 1.165) is 17.4 Å². The molecule has 1 aromatic rings. The molecule has 0 aliphatic carbocycles. The second-order valence-corrected chi connectivity index (χ2v) is 5.66. The van der Waals surface area contributed by atoms with Crippen LogP contribution in [0, 0.1) is 0 Å². The Hall–Kier alpha value is -0.380. The fourth-order valence-corrected chi connectivity index (χ4v) is 3.31. The molecule has 2 N–H and O–H groups in total. The largest absolute Gasteiger partial charge is 0.329 e. The standard InChI is InChI=1S/C14H21BrN2/c1-2-14(11-5-3-6-12(15)9-11)17-8-4-7-13(17)10-16/h3,5-6,9,13-14H,2,4,7-8,10,16H2,1H3. The van der Waals surface area contributed by atoms with Gasteiger partial charge in [0.1, 0.15) is 0 Å². The first-order valence-electron chi connectivity index (χ1n) is 6.47. The van der Waals surface area contributed by atoms with Crippen molar-refractivity contribution in [2.45, 2.75) is 38.3 Å². The van der Waals surface area contributed by atoms with E-state index in [9.17, 15) is 0 Å². The van der Waals surface area contributed by atoms with Gasteiger partial charge in [-0.2, -0.15) is 0 Å². The van der Waals surface area contributed by atoms with E-state index >= 15 is 0 Å². The van der Waals surface area contributed by atoms with Gasteiger partial charge < -0.3 is 5.73 Å². The maximum Gasteiger partial charge on any atom is 0.0349 e. The SMILES string of the molecule is CCC(c1cccc(Br)c1)N1CCCC1CN. The Morgan fingerprint density at radius 2 is 2.35 bits per heavy atom. The van der Waals surface area contributed by atoms with Crippen LogP contribution in [0.4, 0.5) is 0 Å². The normalized spacial score (nSPS) is 22.9. The second kappa shape index (κ2) is 5.98. The lowest BCUT2D eigenvalue weighted by Crippen LogP contribution is -2.38. The highest BCUT2D eigenvalue weighted by Gasteiger charge is 2.29. The summed E-state index contributed by atoms with van der Waals surface area (Å²) in [5.74, 6) is 0. The van der Waals surface area contributed by atoms with Crippen molar-refractivity contribution in [3.63, 3.8) is 0 Å². The van der Waals surface area contributed by atoms with Crippen LogP contribution in [-0.4, -0.2) is 24.0 Å². The molecule has 2 rings (SSSR count). The zero-order chi connectivity index (χ0) is 12.3. The fourth-order valence-electron chi connectivity index (χ4n) is 2.90. The molecule has 0 spiro atoms. The van der Waals surface area contributed by atoms with E-state index in [-0.39, 0.29) is 0 Å². The van der Waals surface area contributed by atoms with Crippen LogP contribution in [0.2, 0.25) is 0 Å². The maximum atomic E-state index is 5.87. The molecule has 1 fully saturated rings. The van der Waals surface area contributed by atoms with Crippen LogP contribution in [0.3, 0.4) is 0 Å². The maximum absolute atomic E-state index is 5.87. The van der Waals surface area contributed by atoms with Gasteiger partial charge in [0.25, 0.3) is 0 Å². The third kappa shape index (κ3) is 2.90. The number of nitrogens with zero attached hydrogens (tertiary/aromatic N) is 1. The third-order valence-electron chi connectivity index (χ3n) is 3.72. The van der Waals surface area contributed by atoms with Gasteiger partial charge in [0.15, 0.2) is 0 Å². The Bertz CT molecular complexity index is 367. The van der Waals surface area contributed by atoms with Gasteiger partial charge in [0.05, 0.1) is 0 Å². The van der Waals surface area contributed by atoms with Crippen LogP contribution in [-0.2, 0) is 0 Å². The minimum Gasteiger partial charge on any atom is -0.329 e. The van der Waals surface area contributed by atoms with Crippen LogP contribution in [0.5, 0.6) is 0 Å². The van der Waals surface area contributed by atoms with Crippen LogP contribution < -0.4 is 5.73 Å². The van der Waals surface area contributed by atoms with Gasteiger partial charge in [-0.3, -0.25) is 4.90 Å². The number of benzene rings is 1. The third-order valence-corrected chi connectivity index (χ3v) is 4.21. The molecule has 0 saturated carbocycles. The summed E-state index contributed by atoms with van der Waals surface area (Å²) in [4.78, 5) is 2.59. The van der Waals surface area contributed by atoms with Gasteiger partial charge in [0, 0.05) is 23.1 Å². The zero-order valence-corrected chi connectivity index (χ0v) is 12.0. The lowest BCUT2D eigenvalue weighted by molar-refractivity contribution is 0.179. The van der Waals surface area contributed by atoms with E-state index in [1.54, 1.807) is 0 Å². The number of rotatable bonds is 4. The van der Waals surface area contributed by atoms with Gasteiger partial charge >= 0.3 is 0 Å². The summed E-state index contributed by atoms with van der Waals surface area (Å²) in [6, 6.07) is 9.75. The molecule has 1 heterocycles. The van der Waals surface area contributed by atoms with Crippen LogP contribution in [0.25, 0.3) is 0 Å². The van der Waals surface area contributed by atoms with Crippen LogP contribution >= 0.6 is 15.9 Å². The first kappa shape index (κ1) is 13.1. The molecule has 3 heteroatoms. The summed E-state index contributed by atoms with van der Waals surface area (Å²) in [6.45, 7) is 4.23. The van der Waals surface area contributed by atoms with Crippen molar-refractivity contribution >= 4 is 15.9 Å². The number of hydrogen-bond acceptors (Lipinski definition) is 2. The summed E-state index contributed by atoms with van der Waals surface area (Å²) in [7, 11) is 0. The van der Waals surface area contributed by atoms with Crippen LogP contribution in [0.1, 0.15) is 37.8 Å². The average Bonchev–Trinajstić information content (AvgIpc) is 2.78. The molecule has 0 amide bonds. The first-order chi connectivity index (χ1) is 8.26. The molecule has 94 valence electrons. The molecule has 1 saturated heterocycles.